The van der Waals surface area contributed by atoms with Gasteiger partial charge in [-0.25, -0.2) is 13.4 Å². The Morgan fingerprint density at radius 2 is 2.21 bits per heavy atom. The third-order valence-electron chi connectivity index (χ3n) is 4.14. The fourth-order valence-electron chi connectivity index (χ4n) is 3.00. The van der Waals surface area contributed by atoms with E-state index >= 15 is 0 Å². The monoisotopic (exact) mass is 367 g/mol. The van der Waals surface area contributed by atoms with Gasteiger partial charge in [0.05, 0.1) is 21.5 Å². The van der Waals surface area contributed by atoms with Crippen LogP contribution in [0.5, 0.6) is 0 Å². The molecular formula is C16H21N3O3S2. The minimum atomic E-state index is -3.32. The maximum atomic E-state index is 12.2. The maximum Gasteiger partial charge on any atom is 0.238 e. The fraction of sp³-hybridized carbons (Fsp3) is 0.500. The van der Waals surface area contributed by atoms with Crippen LogP contribution in [0.2, 0.25) is 0 Å². The van der Waals surface area contributed by atoms with Gasteiger partial charge < -0.3 is 5.32 Å². The Hall–Kier alpha value is -1.51. The van der Waals surface area contributed by atoms with Crippen molar-refractivity contribution in [1.29, 1.82) is 0 Å². The Bertz CT molecular complexity index is 799. The second kappa shape index (κ2) is 7.16. The number of carbonyl (C=O) groups is 1. The lowest BCUT2D eigenvalue weighted by molar-refractivity contribution is -0.124. The van der Waals surface area contributed by atoms with E-state index in [2.05, 4.69) is 16.4 Å². The number of hydrogen-bond donors (Lipinski definition) is 1. The highest BCUT2D eigenvalue weighted by Gasteiger charge is 2.36. The summed E-state index contributed by atoms with van der Waals surface area (Å²) in [6, 6.07) is 7.47. The topological polar surface area (TPSA) is 79.4 Å². The number of hydrogen-bond acceptors (Lipinski definition) is 5. The molecule has 2 heterocycles. The molecule has 0 saturated carbocycles. The summed E-state index contributed by atoms with van der Waals surface area (Å²) in [5.74, 6) is -0.192. The number of aryl methyl sites for hydroxylation is 1. The van der Waals surface area contributed by atoms with Gasteiger partial charge in [-0.15, -0.1) is 11.3 Å². The predicted molar refractivity (Wildman–Crippen MR) is 95.5 cm³/mol. The van der Waals surface area contributed by atoms with E-state index in [0.717, 1.165) is 36.0 Å². The first kappa shape index (κ1) is 17.3. The molecule has 8 heteroatoms. The number of nitrogens with one attached hydrogen (secondary N) is 1. The van der Waals surface area contributed by atoms with Crippen molar-refractivity contribution in [3.8, 4) is 0 Å². The molecule has 1 aliphatic heterocycles. The highest BCUT2D eigenvalue weighted by molar-refractivity contribution is 7.88. The first-order valence-electron chi connectivity index (χ1n) is 8.04. The average Bonchev–Trinajstić information content (AvgIpc) is 3.16. The van der Waals surface area contributed by atoms with E-state index in [9.17, 15) is 13.2 Å². The molecular weight excluding hydrogens is 346 g/mol. The number of rotatable bonds is 6. The summed E-state index contributed by atoms with van der Waals surface area (Å²) in [5.41, 5.74) is 1.01. The summed E-state index contributed by atoms with van der Waals surface area (Å²) in [4.78, 5) is 16.8. The number of aromatic nitrogens is 1. The molecule has 1 amide bonds. The molecule has 1 unspecified atom stereocenters. The zero-order valence-corrected chi connectivity index (χ0v) is 15.2. The molecule has 0 radical (unpaired) electrons. The van der Waals surface area contributed by atoms with Gasteiger partial charge in [-0.2, -0.15) is 4.31 Å². The van der Waals surface area contributed by atoms with Crippen molar-refractivity contribution >= 4 is 37.5 Å². The van der Waals surface area contributed by atoms with Gasteiger partial charge in [0.15, 0.2) is 0 Å². The van der Waals surface area contributed by atoms with E-state index in [-0.39, 0.29) is 5.91 Å². The molecule has 1 saturated heterocycles. The van der Waals surface area contributed by atoms with Crippen molar-refractivity contribution in [1.82, 2.24) is 14.6 Å². The van der Waals surface area contributed by atoms with Crippen molar-refractivity contribution < 1.29 is 13.2 Å². The van der Waals surface area contributed by atoms with E-state index in [1.807, 2.05) is 18.2 Å². The van der Waals surface area contributed by atoms with Gasteiger partial charge in [-0.1, -0.05) is 12.1 Å². The lowest BCUT2D eigenvalue weighted by Crippen LogP contribution is -2.45. The Balaban J connectivity index is 1.48. The Kier molecular flexibility index (Phi) is 5.17. The first-order chi connectivity index (χ1) is 11.4. The van der Waals surface area contributed by atoms with E-state index in [1.165, 1.54) is 9.01 Å². The third kappa shape index (κ3) is 3.93. The van der Waals surface area contributed by atoms with E-state index < -0.39 is 16.1 Å². The largest absolute Gasteiger partial charge is 0.355 e. The van der Waals surface area contributed by atoms with E-state index in [4.69, 9.17) is 0 Å². The molecule has 1 aliphatic rings. The summed E-state index contributed by atoms with van der Waals surface area (Å²) < 4.78 is 25.8. The highest BCUT2D eigenvalue weighted by atomic mass is 32.2. The van der Waals surface area contributed by atoms with Gasteiger partial charge >= 0.3 is 0 Å². The van der Waals surface area contributed by atoms with Gasteiger partial charge in [-0.3, -0.25) is 4.79 Å². The molecule has 1 aromatic carbocycles. The van der Waals surface area contributed by atoms with Crippen LogP contribution >= 0.6 is 11.3 Å². The van der Waals surface area contributed by atoms with Crippen LogP contribution in [0.3, 0.4) is 0 Å². The third-order valence-corrected chi connectivity index (χ3v) is 6.52. The molecule has 1 fully saturated rings. The minimum Gasteiger partial charge on any atom is -0.355 e. The normalized spacial score (nSPS) is 19.0. The summed E-state index contributed by atoms with van der Waals surface area (Å²) in [7, 11) is -3.32. The van der Waals surface area contributed by atoms with Crippen molar-refractivity contribution in [3.63, 3.8) is 0 Å². The summed E-state index contributed by atoms with van der Waals surface area (Å²) in [6.45, 7) is 0.964. The second-order valence-corrected chi connectivity index (χ2v) is 9.05. The zero-order chi connectivity index (χ0) is 17.2. The summed E-state index contributed by atoms with van der Waals surface area (Å²) in [6.07, 6.45) is 4.08. The SMILES string of the molecule is CS(=O)(=O)N1CCCC1C(=O)NCCCc1nc2ccccc2s1. The van der Waals surface area contributed by atoms with Crippen LogP contribution in [0.1, 0.15) is 24.3 Å². The number of sulfonamides is 1. The molecule has 1 N–H and O–H groups in total. The molecule has 3 rings (SSSR count). The summed E-state index contributed by atoms with van der Waals surface area (Å²) >= 11 is 1.67. The van der Waals surface area contributed by atoms with Gasteiger partial charge in [0.1, 0.15) is 6.04 Å². The van der Waals surface area contributed by atoms with E-state index in [1.54, 1.807) is 11.3 Å². The Morgan fingerprint density at radius 3 is 2.96 bits per heavy atom. The Morgan fingerprint density at radius 1 is 1.42 bits per heavy atom. The van der Waals surface area contributed by atoms with Crippen LogP contribution in [0.15, 0.2) is 24.3 Å². The smallest absolute Gasteiger partial charge is 0.238 e. The summed E-state index contributed by atoms with van der Waals surface area (Å²) in [5, 5.41) is 3.92. The van der Waals surface area contributed by atoms with Gasteiger partial charge in [0.2, 0.25) is 15.9 Å². The first-order valence-corrected chi connectivity index (χ1v) is 10.7. The van der Waals surface area contributed by atoms with Crippen molar-refractivity contribution in [2.24, 2.45) is 0 Å². The van der Waals surface area contributed by atoms with Crippen LogP contribution in [0.25, 0.3) is 10.2 Å². The molecule has 1 aromatic heterocycles. The Labute approximate surface area is 145 Å². The molecule has 0 bridgehead atoms. The number of amides is 1. The molecule has 0 spiro atoms. The number of fused-ring (bicyclic) bond motifs is 1. The molecule has 1 atom stereocenters. The number of para-hydroxylation sites is 1. The highest BCUT2D eigenvalue weighted by Crippen LogP contribution is 2.22. The van der Waals surface area contributed by atoms with Gasteiger partial charge in [0, 0.05) is 19.5 Å². The van der Waals surface area contributed by atoms with Crippen LogP contribution in [0, 0.1) is 0 Å². The minimum absolute atomic E-state index is 0.192. The van der Waals surface area contributed by atoms with Crippen molar-refractivity contribution in [2.75, 3.05) is 19.3 Å². The molecule has 2 aromatic rings. The van der Waals surface area contributed by atoms with Gasteiger partial charge in [0.25, 0.3) is 0 Å². The molecule has 6 nitrogen and oxygen atoms in total. The predicted octanol–water partition coefficient (Wildman–Crippen LogP) is 1.77. The maximum absolute atomic E-state index is 12.2. The van der Waals surface area contributed by atoms with Crippen molar-refractivity contribution in [3.05, 3.63) is 29.3 Å². The zero-order valence-electron chi connectivity index (χ0n) is 13.6. The van der Waals surface area contributed by atoms with Crippen molar-refractivity contribution in [2.45, 2.75) is 31.7 Å². The average molecular weight is 367 g/mol. The number of benzene rings is 1. The van der Waals surface area contributed by atoms with Crippen LogP contribution in [-0.4, -0.2) is 49.0 Å². The quantitative estimate of drug-likeness (QED) is 0.789. The van der Waals surface area contributed by atoms with E-state index in [0.29, 0.717) is 19.5 Å². The molecule has 24 heavy (non-hydrogen) atoms. The van der Waals surface area contributed by atoms with Gasteiger partial charge in [-0.05, 0) is 31.4 Å². The lowest BCUT2D eigenvalue weighted by Gasteiger charge is -2.21. The number of carbonyl (C=O) groups excluding carboxylic acids is 1. The van der Waals surface area contributed by atoms with Crippen LogP contribution in [-0.2, 0) is 21.2 Å². The molecule has 130 valence electrons. The lowest BCUT2D eigenvalue weighted by atomic mass is 10.2. The van der Waals surface area contributed by atoms with Crippen LogP contribution < -0.4 is 5.32 Å². The standard InChI is InChI=1S/C16H21N3O3S2/c1-24(21,22)19-11-5-7-13(19)16(20)17-10-4-9-15-18-12-6-2-3-8-14(12)23-15/h2-3,6,8,13H,4-5,7,9-11H2,1H3,(H,17,20). The van der Waals surface area contributed by atoms with Crippen LogP contribution in [0.4, 0.5) is 0 Å². The number of nitrogens with zero attached hydrogens (tertiary/aromatic N) is 2. The number of thiazole rings is 1. The fourth-order valence-corrected chi connectivity index (χ4v) is 5.13. The second-order valence-electron chi connectivity index (χ2n) is 6.00. The molecule has 0 aliphatic carbocycles.